The number of nitrogens with zero attached hydrogens (tertiary/aromatic N) is 4. The highest BCUT2D eigenvalue weighted by Gasteiger charge is 2.94. The van der Waals surface area contributed by atoms with Crippen LogP contribution in [0.1, 0.15) is 11.5 Å². The summed E-state index contributed by atoms with van der Waals surface area (Å²) < 4.78 is 21.2. The van der Waals surface area contributed by atoms with Gasteiger partial charge in [0.05, 0.1) is 23.1 Å². The van der Waals surface area contributed by atoms with Crippen LogP contribution in [0.2, 0.25) is 0 Å². The Labute approximate surface area is 152 Å². The molecule has 0 saturated heterocycles. The molecular weight excluding hydrogens is 358 g/mol. The summed E-state index contributed by atoms with van der Waals surface area (Å²) in [4.78, 5) is 15.1. The first-order valence-corrected chi connectivity index (χ1v) is 7.75. The zero-order valence-electron chi connectivity index (χ0n) is 14.3. The normalized spacial score (nSPS) is 31.4. The van der Waals surface area contributed by atoms with Crippen LogP contribution < -0.4 is 15.2 Å². The second-order valence-corrected chi connectivity index (χ2v) is 6.28. The van der Waals surface area contributed by atoms with E-state index >= 15 is 0 Å². The second kappa shape index (κ2) is 5.07. The molecule has 2 aliphatic heterocycles. The molecule has 3 unspecified atom stereocenters. The van der Waals surface area contributed by atoms with Crippen LogP contribution in [0.25, 0.3) is 0 Å². The number of benzene rings is 1. The summed E-state index contributed by atoms with van der Waals surface area (Å²) in [6, 6.07) is 6.68. The maximum atomic E-state index is 11.7. The first-order chi connectivity index (χ1) is 12.9. The largest absolute Gasteiger partial charge is 0.454 e. The number of hydrogen-bond donors (Lipinski definition) is 1. The Kier molecular flexibility index (Phi) is 3.19. The predicted octanol–water partition coefficient (Wildman–Crippen LogP) is 0.758. The Balaban J connectivity index is 2.00. The molecular formula is C16H13N5O6. The lowest BCUT2D eigenvalue weighted by molar-refractivity contribution is -0.385. The average Bonchev–Trinajstić information content (AvgIpc) is 2.92. The van der Waals surface area contributed by atoms with Gasteiger partial charge in [0.15, 0.2) is 16.9 Å². The van der Waals surface area contributed by atoms with Crippen LogP contribution >= 0.6 is 0 Å². The third kappa shape index (κ3) is 1.59. The van der Waals surface area contributed by atoms with Crippen molar-refractivity contribution in [3.05, 3.63) is 27.8 Å². The minimum absolute atomic E-state index is 0.0862. The molecule has 11 heteroatoms. The van der Waals surface area contributed by atoms with E-state index in [1.807, 2.05) is 6.07 Å². The van der Waals surface area contributed by atoms with Crippen molar-refractivity contribution in [1.29, 1.82) is 10.5 Å². The van der Waals surface area contributed by atoms with Crippen molar-refractivity contribution in [3.63, 3.8) is 0 Å². The smallest absolute Gasteiger partial charge is 0.292 e. The Hall–Kier alpha value is -3.41. The molecule has 2 heterocycles. The molecule has 138 valence electrons. The molecule has 0 amide bonds. The number of nitrogens with two attached hydrogens (primary N) is 1. The van der Waals surface area contributed by atoms with E-state index in [0.717, 1.165) is 0 Å². The minimum atomic E-state index is -1.86. The van der Waals surface area contributed by atoms with Gasteiger partial charge in [-0.1, -0.05) is 0 Å². The SMILES string of the molecule is COC1(OC)N=C(N)C2(C#N)C(c3cc4c(cc3[N+](=O)[O-])OCO4)C12C#N. The number of fused-ring (bicyclic) bond motifs is 2. The molecule has 0 spiro atoms. The average molecular weight is 371 g/mol. The quantitative estimate of drug-likeness (QED) is 0.456. The molecule has 0 bridgehead atoms. The fraction of sp³-hybridized carbons (Fsp3) is 0.438. The highest BCUT2D eigenvalue weighted by Crippen LogP contribution is 2.82. The molecule has 0 aromatic heterocycles. The zero-order valence-corrected chi connectivity index (χ0v) is 14.3. The van der Waals surface area contributed by atoms with Crippen molar-refractivity contribution in [2.75, 3.05) is 21.0 Å². The molecule has 3 atom stereocenters. The van der Waals surface area contributed by atoms with Crippen LogP contribution in [0.5, 0.6) is 11.5 Å². The van der Waals surface area contributed by atoms with Gasteiger partial charge in [-0.2, -0.15) is 10.5 Å². The molecule has 11 nitrogen and oxygen atoms in total. The van der Waals surface area contributed by atoms with E-state index in [1.54, 1.807) is 0 Å². The number of aliphatic imine (C=N–C) groups is 1. The lowest BCUT2D eigenvalue weighted by atomic mass is 9.93. The van der Waals surface area contributed by atoms with E-state index in [0.29, 0.717) is 0 Å². The van der Waals surface area contributed by atoms with Crippen molar-refractivity contribution in [3.8, 4) is 23.6 Å². The number of nitro groups is 1. The molecule has 2 N–H and O–H groups in total. The molecule has 1 fully saturated rings. The van der Waals surface area contributed by atoms with E-state index in [-0.39, 0.29) is 35.4 Å². The fourth-order valence-corrected chi connectivity index (χ4v) is 4.32. The molecule has 1 saturated carbocycles. The number of hydrogen-bond acceptors (Lipinski definition) is 10. The first kappa shape index (κ1) is 17.0. The summed E-state index contributed by atoms with van der Waals surface area (Å²) in [7, 11) is 2.52. The lowest BCUT2D eigenvalue weighted by Gasteiger charge is -2.29. The van der Waals surface area contributed by atoms with Gasteiger partial charge in [-0.15, -0.1) is 0 Å². The van der Waals surface area contributed by atoms with E-state index < -0.39 is 27.6 Å². The Bertz CT molecular complexity index is 990. The number of nitro benzene ring substituents is 1. The van der Waals surface area contributed by atoms with E-state index in [4.69, 9.17) is 24.7 Å². The van der Waals surface area contributed by atoms with Crippen LogP contribution in [-0.2, 0) is 9.47 Å². The standard InChI is InChI=1S/C16H13N5O6/c1-24-16(25-2)15(6-18)12(14(15,5-17)13(19)20-16)8-3-10-11(27-7-26-10)4-9(8)21(22)23/h3-4,12H,7H2,1-2H3,(H2,19,20). The maximum Gasteiger partial charge on any atom is 0.292 e. The number of ether oxygens (including phenoxy) is 4. The predicted molar refractivity (Wildman–Crippen MR) is 86.4 cm³/mol. The third-order valence-electron chi connectivity index (χ3n) is 5.51. The van der Waals surface area contributed by atoms with Gasteiger partial charge < -0.3 is 24.7 Å². The van der Waals surface area contributed by atoms with Gasteiger partial charge in [0, 0.05) is 25.7 Å². The monoisotopic (exact) mass is 371 g/mol. The Morgan fingerprint density at radius 3 is 2.44 bits per heavy atom. The molecule has 1 aromatic rings. The van der Waals surface area contributed by atoms with Gasteiger partial charge in [0.25, 0.3) is 11.6 Å². The van der Waals surface area contributed by atoms with Crippen LogP contribution in [0, 0.1) is 43.6 Å². The summed E-state index contributed by atoms with van der Waals surface area (Å²) >= 11 is 0. The summed E-state index contributed by atoms with van der Waals surface area (Å²) in [6.45, 7) is -0.0862. The van der Waals surface area contributed by atoms with Gasteiger partial charge in [-0.05, 0) is 6.07 Å². The van der Waals surface area contributed by atoms with Crippen molar-refractivity contribution < 1.29 is 23.9 Å². The van der Waals surface area contributed by atoms with E-state index in [1.165, 1.54) is 26.4 Å². The summed E-state index contributed by atoms with van der Waals surface area (Å²) in [6.07, 6.45) is 0. The van der Waals surface area contributed by atoms with Gasteiger partial charge in [0.1, 0.15) is 11.3 Å². The maximum absolute atomic E-state index is 11.7. The fourth-order valence-electron chi connectivity index (χ4n) is 4.32. The van der Waals surface area contributed by atoms with Crippen molar-refractivity contribution in [1.82, 2.24) is 0 Å². The summed E-state index contributed by atoms with van der Waals surface area (Å²) in [5.74, 6) is -2.56. The number of nitriles is 2. The first-order valence-electron chi connectivity index (χ1n) is 7.75. The van der Waals surface area contributed by atoms with Gasteiger partial charge in [0.2, 0.25) is 6.79 Å². The highest BCUT2D eigenvalue weighted by atomic mass is 16.7. The molecule has 4 rings (SSSR count). The highest BCUT2D eigenvalue weighted by molar-refractivity contribution is 6.00. The van der Waals surface area contributed by atoms with Crippen molar-refractivity contribution in [2.45, 2.75) is 11.8 Å². The second-order valence-electron chi connectivity index (χ2n) is 6.28. The van der Waals surface area contributed by atoms with Gasteiger partial charge >= 0.3 is 0 Å². The van der Waals surface area contributed by atoms with Crippen LogP contribution in [0.15, 0.2) is 17.1 Å². The molecule has 1 aromatic carbocycles. The van der Waals surface area contributed by atoms with Crippen LogP contribution in [0.4, 0.5) is 5.69 Å². The number of methoxy groups -OCH3 is 2. The lowest BCUT2D eigenvalue weighted by Crippen LogP contribution is -2.41. The van der Waals surface area contributed by atoms with Crippen LogP contribution in [0.3, 0.4) is 0 Å². The molecule has 3 aliphatic rings. The van der Waals surface area contributed by atoms with Crippen molar-refractivity contribution in [2.24, 2.45) is 21.6 Å². The van der Waals surface area contributed by atoms with Gasteiger partial charge in [-0.3, -0.25) is 10.1 Å². The zero-order chi connectivity index (χ0) is 19.6. The summed E-state index contributed by atoms with van der Waals surface area (Å²) in [5.41, 5.74) is 2.46. The van der Waals surface area contributed by atoms with Crippen molar-refractivity contribution >= 4 is 11.5 Å². The minimum Gasteiger partial charge on any atom is -0.454 e. The Morgan fingerprint density at radius 1 is 1.30 bits per heavy atom. The third-order valence-corrected chi connectivity index (χ3v) is 5.51. The van der Waals surface area contributed by atoms with E-state index in [9.17, 15) is 20.6 Å². The molecule has 0 radical (unpaired) electrons. The topological polar surface area (TPSA) is 166 Å². The molecule has 1 aliphatic carbocycles. The van der Waals surface area contributed by atoms with Gasteiger partial charge in [-0.25, -0.2) is 4.99 Å². The van der Waals surface area contributed by atoms with E-state index in [2.05, 4.69) is 11.1 Å². The Morgan fingerprint density at radius 2 is 1.93 bits per heavy atom. The summed E-state index contributed by atoms with van der Waals surface area (Å²) in [5, 5.41) is 31.6. The number of rotatable bonds is 4. The van der Waals surface area contributed by atoms with Crippen LogP contribution in [-0.4, -0.2) is 37.7 Å². The number of amidine groups is 1. The molecule has 27 heavy (non-hydrogen) atoms.